The van der Waals surface area contributed by atoms with Crippen molar-refractivity contribution in [2.75, 3.05) is 46.4 Å². The Bertz CT molecular complexity index is 1230. The fourth-order valence-electron chi connectivity index (χ4n) is 4.00. The molecule has 0 unspecified atom stereocenters. The number of ether oxygens (including phenoxy) is 1. The highest BCUT2D eigenvalue weighted by Crippen LogP contribution is 2.27. The van der Waals surface area contributed by atoms with E-state index in [4.69, 9.17) is 4.74 Å². The van der Waals surface area contributed by atoms with Gasteiger partial charge in [0.15, 0.2) is 0 Å². The van der Waals surface area contributed by atoms with Crippen LogP contribution in [0.25, 0.3) is 27.7 Å². The van der Waals surface area contributed by atoms with Crippen molar-refractivity contribution in [3.63, 3.8) is 0 Å². The molecule has 4 rings (SSSR count). The summed E-state index contributed by atoms with van der Waals surface area (Å²) in [6.07, 6.45) is 7.43. The predicted octanol–water partition coefficient (Wildman–Crippen LogP) is 3.69. The van der Waals surface area contributed by atoms with Crippen molar-refractivity contribution in [3.8, 4) is 17.0 Å². The lowest BCUT2D eigenvalue weighted by Crippen LogP contribution is -2.45. The Morgan fingerprint density at radius 1 is 1.21 bits per heavy atom. The van der Waals surface area contributed by atoms with Crippen LogP contribution in [0.15, 0.2) is 66.0 Å². The molecule has 0 bridgehead atoms. The monoisotopic (exact) mass is 445 g/mol. The SMILES string of the molecule is C=C/C=C(\C=C/C)c1cc(-c2cc3cc(OCCN4CCN(C)CC4)ccc3[nH]2)c(=O)[nH]n1. The van der Waals surface area contributed by atoms with Gasteiger partial charge in [0.25, 0.3) is 5.56 Å². The third-order valence-corrected chi connectivity index (χ3v) is 5.90. The van der Waals surface area contributed by atoms with Crippen LogP contribution in [0.5, 0.6) is 5.75 Å². The van der Waals surface area contributed by atoms with Gasteiger partial charge in [-0.25, -0.2) is 5.10 Å². The first kappa shape index (κ1) is 22.8. The maximum Gasteiger partial charge on any atom is 0.273 e. The number of benzene rings is 1. The van der Waals surface area contributed by atoms with Crippen molar-refractivity contribution in [1.82, 2.24) is 25.0 Å². The van der Waals surface area contributed by atoms with Crippen LogP contribution in [0.1, 0.15) is 12.6 Å². The molecule has 0 atom stereocenters. The van der Waals surface area contributed by atoms with E-state index in [0.29, 0.717) is 17.9 Å². The van der Waals surface area contributed by atoms with Crippen molar-refractivity contribution < 1.29 is 4.74 Å². The van der Waals surface area contributed by atoms with Gasteiger partial charge in [-0.1, -0.05) is 30.9 Å². The molecule has 0 amide bonds. The van der Waals surface area contributed by atoms with Gasteiger partial charge in [-0.15, -0.1) is 0 Å². The average Bonchev–Trinajstić information content (AvgIpc) is 3.24. The molecule has 1 aliphatic rings. The van der Waals surface area contributed by atoms with Crippen LogP contribution < -0.4 is 10.3 Å². The lowest BCUT2D eigenvalue weighted by molar-refractivity contribution is 0.134. The lowest BCUT2D eigenvalue weighted by Gasteiger charge is -2.32. The van der Waals surface area contributed by atoms with Gasteiger partial charge < -0.3 is 14.6 Å². The van der Waals surface area contributed by atoms with Crippen molar-refractivity contribution in [2.24, 2.45) is 0 Å². The van der Waals surface area contributed by atoms with E-state index in [1.54, 1.807) is 12.1 Å². The molecule has 1 aromatic carbocycles. The molecule has 172 valence electrons. The van der Waals surface area contributed by atoms with Crippen LogP contribution in [0.3, 0.4) is 0 Å². The number of hydrogen-bond acceptors (Lipinski definition) is 5. The van der Waals surface area contributed by atoms with Crippen molar-refractivity contribution in [3.05, 3.63) is 77.3 Å². The van der Waals surface area contributed by atoms with Gasteiger partial charge in [0.2, 0.25) is 0 Å². The maximum atomic E-state index is 12.5. The quantitative estimate of drug-likeness (QED) is 0.517. The summed E-state index contributed by atoms with van der Waals surface area (Å²) in [6.45, 7) is 11.7. The summed E-state index contributed by atoms with van der Waals surface area (Å²) in [6, 6.07) is 9.74. The van der Waals surface area contributed by atoms with Crippen LogP contribution in [0, 0.1) is 0 Å². The molecule has 3 aromatic rings. The number of rotatable bonds is 8. The second kappa shape index (κ2) is 10.5. The van der Waals surface area contributed by atoms with Crippen molar-refractivity contribution in [2.45, 2.75) is 6.92 Å². The molecule has 0 radical (unpaired) electrons. The molecule has 1 fully saturated rings. The third-order valence-electron chi connectivity index (χ3n) is 5.90. The van der Waals surface area contributed by atoms with Gasteiger partial charge in [-0.05, 0) is 44.3 Å². The molecule has 2 N–H and O–H groups in total. The molecule has 2 aromatic heterocycles. The molecular weight excluding hydrogens is 414 g/mol. The van der Waals surface area contributed by atoms with Crippen molar-refractivity contribution >= 4 is 16.5 Å². The van der Waals surface area contributed by atoms with Crippen LogP contribution in [0.2, 0.25) is 0 Å². The molecular formula is C26H31N5O2. The van der Waals surface area contributed by atoms with E-state index in [2.05, 4.69) is 38.6 Å². The van der Waals surface area contributed by atoms with Crippen LogP contribution in [0.4, 0.5) is 0 Å². The van der Waals surface area contributed by atoms with Gasteiger partial charge >= 0.3 is 0 Å². The smallest absolute Gasteiger partial charge is 0.273 e. The molecule has 1 aliphatic heterocycles. The Morgan fingerprint density at radius 3 is 2.79 bits per heavy atom. The Morgan fingerprint density at radius 2 is 2.03 bits per heavy atom. The van der Waals surface area contributed by atoms with Crippen LogP contribution in [-0.2, 0) is 0 Å². The average molecular weight is 446 g/mol. The van der Waals surface area contributed by atoms with Crippen LogP contribution in [-0.4, -0.2) is 71.4 Å². The summed E-state index contributed by atoms with van der Waals surface area (Å²) in [7, 11) is 2.16. The molecule has 33 heavy (non-hydrogen) atoms. The summed E-state index contributed by atoms with van der Waals surface area (Å²) in [5.41, 5.74) is 3.53. The molecule has 7 heteroatoms. The van der Waals surface area contributed by atoms with E-state index in [-0.39, 0.29) is 5.56 Å². The number of H-pyrrole nitrogens is 2. The molecule has 3 heterocycles. The van der Waals surface area contributed by atoms with Gasteiger partial charge in [-0.3, -0.25) is 9.69 Å². The Hall–Kier alpha value is -3.42. The standard InChI is InChI=1S/C26H31N5O2/c1-4-6-19(7-5-2)24-18-22(26(32)29-28-24)25-17-20-16-21(8-9-23(20)27-25)33-15-14-31-12-10-30(3)11-13-31/h4-9,16-18,27H,1,10-15H2,2-3H3,(H,29,32)/b7-5-,19-6+. The summed E-state index contributed by atoms with van der Waals surface area (Å²) in [5.74, 6) is 0.829. The summed E-state index contributed by atoms with van der Waals surface area (Å²) in [4.78, 5) is 20.7. The number of aromatic amines is 2. The number of nitrogens with one attached hydrogen (secondary N) is 2. The number of aromatic nitrogens is 3. The predicted molar refractivity (Wildman–Crippen MR) is 135 cm³/mol. The minimum atomic E-state index is -0.243. The van der Waals surface area contributed by atoms with Gasteiger partial charge in [0.05, 0.1) is 17.0 Å². The van der Waals surface area contributed by atoms with Crippen molar-refractivity contribution in [1.29, 1.82) is 0 Å². The number of nitrogens with zero attached hydrogens (tertiary/aromatic N) is 3. The zero-order valence-corrected chi connectivity index (χ0v) is 19.3. The topological polar surface area (TPSA) is 77.2 Å². The normalized spacial score (nSPS) is 16.0. The lowest BCUT2D eigenvalue weighted by atomic mass is 10.1. The molecule has 0 aliphatic carbocycles. The largest absolute Gasteiger partial charge is 0.492 e. The summed E-state index contributed by atoms with van der Waals surface area (Å²) >= 11 is 0. The van der Waals surface area contributed by atoms with Gasteiger partial charge in [0, 0.05) is 49.2 Å². The zero-order valence-electron chi connectivity index (χ0n) is 19.3. The van der Waals surface area contributed by atoms with E-state index >= 15 is 0 Å². The number of likely N-dealkylation sites (N-methyl/N-ethyl adjacent to an activating group) is 1. The maximum absolute atomic E-state index is 12.5. The van der Waals surface area contributed by atoms with E-state index in [1.807, 2.05) is 49.4 Å². The molecule has 1 saturated heterocycles. The highest BCUT2D eigenvalue weighted by Gasteiger charge is 2.14. The van der Waals surface area contributed by atoms with Gasteiger partial charge in [-0.2, -0.15) is 5.10 Å². The van der Waals surface area contributed by atoms with Crippen LogP contribution >= 0.6 is 0 Å². The second-order valence-electron chi connectivity index (χ2n) is 8.28. The number of fused-ring (bicyclic) bond motifs is 1. The van der Waals surface area contributed by atoms with Gasteiger partial charge in [0.1, 0.15) is 12.4 Å². The Labute approximate surface area is 194 Å². The molecule has 7 nitrogen and oxygen atoms in total. The Balaban J connectivity index is 1.51. The first-order valence-electron chi connectivity index (χ1n) is 11.3. The third kappa shape index (κ3) is 5.50. The Kier molecular flexibility index (Phi) is 7.22. The molecule has 0 saturated carbocycles. The number of hydrogen-bond donors (Lipinski definition) is 2. The van der Waals surface area contributed by atoms with E-state index in [9.17, 15) is 4.79 Å². The zero-order chi connectivity index (χ0) is 23.2. The first-order chi connectivity index (χ1) is 16.1. The fourth-order valence-corrected chi connectivity index (χ4v) is 4.00. The summed E-state index contributed by atoms with van der Waals surface area (Å²) < 4.78 is 6.02. The second-order valence-corrected chi connectivity index (χ2v) is 8.28. The highest BCUT2D eigenvalue weighted by molar-refractivity contribution is 5.87. The fraction of sp³-hybridized carbons (Fsp3) is 0.308. The minimum absolute atomic E-state index is 0.243. The van der Waals surface area contributed by atoms with E-state index in [0.717, 1.165) is 60.6 Å². The highest BCUT2D eigenvalue weighted by atomic mass is 16.5. The number of piperazine rings is 1. The molecule has 0 spiro atoms. The number of allylic oxidation sites excluding steroid dienone is 5. The summed E-state index contributed by atoms with van der Waals surface area (Å²) in [5, 5.41) is 7.81. The van der Waals surface area contributed by atoms with E-state index < -0.39 is 0 Å². The first-order valence-corrected chi connectivity index (χ1v) is 11.3. The minimum Gasteiger partial charge on any atom is -0.492 e. The van der Waals surface area contributed by atoms with E-state index in [1.165, 1.54) is 0 Å².